The van der Waals surface area contributed by atoms with E-state index in [2.05, 4.69) is 26.2 Å². The summed E-state index contributed by atoms with van der Waals surface area (Å²) in [6, 6.07) is 4.44. The van der Waals surface area contributed by atoms with Crippen molar-refractivity contribution in [1.29, 1.82) is 0 Å². The first-order valence-corrected chi connectivity index (χ1v) is 6.46. The zero-order valence-corrected chi connectivity index (χ0v) is 11.2. The van der Waals surface area contributed by atoms with Gasteiger partial charge in [-0.15, -0.1) is 16.7 Å². The van der Waals surface area contributed by atoms with Gasteiger partial charge in [0.2, 0.25) is 0 Å². The minimum absolute atomic E-state index is 0.305. The third-order valence-electron chi connectivity index (χ3n) is 2.26. The van der Waals surface area contributed by atoms with E-state index in [0.29, 0.717) is 11.6 Å². The Morgan fingerprint density at radius 2 is 2.24 bits per heavy atom. The Morgan fingerprint density at radius 1 is 1.41 bits per heavy atom. The van der Waals surface area contributed by atoms with Crippen LogP contribution in [0.5, 0.6) is 0 Å². The normalized spacial score (nSPS) is 10.8. The van der Waals surface area contributed by atoms with Crippen LogP contribution >= 0.6 is 27.5 Å². The number of hydrogen-bond donors (Lipinski definition) is 0. The van der Waals surface area contributed by atoms with Crippen molar-refractivity contribution in [3.8, 4) is 5.69 Å². The van der Waals surface area contributed by atoms with Gasteiger partial charge in [0.1, 0.15) is 5.82 Å². The maximum atomic E-state index is 13.1. The summed E-state index contributed by atoms with van der Waals surface area (Å²) in [6.45, 7) is 0. The fraction of sp³-hybridized carbons (Fsp3) is 0.273. The molecule has 0 amide bonds. The van der Waals surface area contributed by atoms with Crippen molar-refractivity contribution in [3.05, 3.63) is 40.4 Å². The number of alkyl halides is 1. The van der Waals surface area contributed by atoms with Crippen LogP contribution in [-0.2, 0) is 6.42 Å². The van der Waals surface area contributed by atoms with Gasteiger partial charge in [0.25, 0.3) is 0 Å². The van der Waals surface area contributed by atoms with Crippen molar-refractivity contribution in [2.75, 3.05) is 5.88 Å². The van der Waals surface area contributed by atoms with Crippen molar-refractivity contribution in [2.45, 2.75) is 12.8 Å². The average Bonchev–Trinajstić information content (AvgIpc) is 2.78. The van der Waals surface area contributed by atoms with Crippen LogP contribution in [0.4, 0.5) is 4.39 Å². The Morgan fingerprint density at radius 3 is 3.00 bits per heavy atom. The van der Waals surface area contributed by atoms with E-state index in [9.17, 15) is 4.39 Å². The Balaban J connectivity index is 2.27. The summed E-state index contributed by atoms with van der Waals surface area (Å²) in [4.78, 5) is 0. The van der Waals surface area contributed by atoms with Gasteiger partial charge in [0.15, 0.2) is 0 Å². The fourth-order valence-electron chi connectivity index (χ4n) is 1.44. The summed E-state index contributed by atoms with van der Waals surface area (Å²) in [5.41, 5.74) is 1.48. The van der Waals surface area contributed by atoms with Crippen molar-refractivity contribution in [2.24, 2.45) is 0 Å². The Hall–Kier alpha value is -0.940. The molecule has 0 saturated heterocycles. The van der Waals surface area contributed by atoms with Gasteiger partial charge in [-0.3, -0.25) is 0 Å². The van der Waals surface area contributed by atoms with E-state index in [1.807, 2.05) is 0 Å². The van der Waals surface area contributed by atoms with Gasteiger partial charge in [0, 0.05) is 16.4 Å². The van der Waals surface area contributed by atoms with Gasteiger partial charge in [0.05, 0.1) is 17.6 Å². The van der Waals surface area contributed by atoms with Gasteiger partial charge in [-0.1, -0.05) is 5.21 Å². The molecular formula is C11H10BrClFN3. The van der Waals surface area contributed by atoms with Crippen LogP contribution in [0, 0.1) is 5.82 Å². The van der Waals surface area contributed by atoms with Crippen molar-refractivity contribution >= 4 is 27.5 Å². The highest BCUT2D eigenvalue weighted by Crippen LogP contribution is 2.21. The molecule has 0 radical (unpaired) electrons. The molecule has 6 heteroatoms. The average molecular weight is 319 g/mol. The molecule has 0 aliphatic carbocycles. The molecule has 1 aromatic carbocycles. The highest BCUT2D eigenvalue weighted by molar-refractivity contribution is 9.10. The van der Waals surface area contributed by atoms with E-state index in [1.165, 1.54) is 12.1 Å². The van der Waals surface area contributed by atoms with E-state index in [-0.39, 0.29) is 5.82 Å². The molecule has 0 N–H and O–H groups in total. The van der Waals surface area contributed by atoms with E-state index >= 15 is 0 Å². The number of benzene rings is 1. The largest absolute Gasteiger partial charge is 0.219 e. The van der Waals surface area contributed by atoms with Crippen molar-refractivity contribution in [1.82, 2.24) is 15.0 Å². The molecule has 0 spiro atoms. The zero-order chi connectivity index (χ0) is 12.3. The predicted molar refractivity (Wildman–Crippen MR) is 68.1 cm³/mol. The molecule has 0 bridgehead atoms. The molecule has 1 heterocycles. The van der Waals surface area contributed by atoms with Crippen molar-refractivity contribution in [3.63, 3.8) is 0 Å². The molecule has 0 aliphatic heterocycles. The number of aryl methyl sites for hydroxylation is 1. The quantitative estimate of drug-likeness (QED) is 0.810. The van der Waals surface area contributed by atoms with Gasteiger partial charge in [-0.2, -0.15) is 0 Å². The predicted octanol–water partition coefficient (Wildman–Crippen LogP) is 3.34. The number of halogens is 3. The van der Waals surface area contributed by atoms with Gasteiger partial charge >= 0.3 is 0 Å². The highest BCUT2D eigenvalue weighted by atomic mass is 79.9. The lowest BCUT2D eigenvalue weighted by Crippen LogP contribution is -1.96. The van der Waals surface area contributed by atoms with Crippen molar-refractivity contribution < 1.29 is 4.39 Å². The summed E-state index contributed by atoms with van der Waals surface area (Å²) in [6.07, 6.45) is 3.41. The molecule has 0 saturated carbocycles. The molecule has 3 nitrogen and oxygen atoms in total. The Bertz CT molecular complexity index is 515. The first kappa shape index (κ1) is 12.5. The SMILES string of the molecule is Fc1ccc(Br)c(-n2cc(CCCCl)nn2)c1. The first-order valence-electron chi connectivity index (χ1n) is 5.13. The molecule has 17 heavy (non-hydrogen) atoms. The standard InChI is InChI=1S/C11H10BrClFN3/c12-10-4-3-8(14)6-11(10)17-7-9(15-16-17)2-1-5-13/h3-4,6-7H,1-2,5H2. The molecule has 1 aromatic heterocycles. The number of nitrogens with zero attached hydrogens (tertiary/aromatic N) is 3. The summed E-state index contributed by atoms with van der Waals surface area (Å²) in [5.74, 6) is 0.289. The minimum atomic E-state index is -0.305. The summed E-state index contributed by atoms with van der Waals surface area (Å²) in [5, 5.41) is 7.98. The number of aromatic nitrogens is 3. The molecule has 90 valence electrons. The van der Waals surface area contributed by atoms with Crippen LogP contribution in [0.25, 0.3) is 5.69 Å². The third-order valence-corrected chi connectivity index (χ3v) is 3.20. The Labute approximate surface area is 112 Å². The van der Waals surface area contributed by atoms with Crippen LogP contribution < -0.4 is 0 Å². The highest BCUT2D eigenvalue weighted by Gasteiger charge is 2.07. The number of rotatable bonds is 4. The maximum Gasteiger partial charge on any atom is 0.125 e. The lowest BCUT2D eigenvalue weighted by Gasteiger charge is -2.02. The van der Waals surface area contributed by atoms with E-state index in [1.54, 1.807) is 16.9 Å². The topological polar surface area (TPSA) is 30.7 Å². The molecule has 0 aliphatic rings. The maximum absolute atomic E-state index is 13.1. The molecule has 0 fully saturated rings. The minimum Gasteiger partial charge on any atom is -0.219 e. The molecule has 0 unspecified atom stereocenters. The van der Waals surface area contributed by atoms with Crippen LogP contribution in [0.3, 0.4) is 0 Å². The first-order chi connectivity index (χ1) is 8.20. The van der Waals surface area contributed by atoms with Gasteiger partial charge < -0.3 is 0 Å². The smallest absolute Gasteiger partial charge is 0.125 e. The molecule has 2 rings (SSSR count). The lowest BCUT2D eigenvalue weighted by molar-refractivity contribution is 0.624. The molecule has 2 aromatic rings. The Kier molecular flexibility index (Phi) is 4.12. The summed E-state index contributed by atoms with van der Waals surface area (Å²) in [7, 11) is 0. The van der Waals surface area contributed by atoms with E-state index < -0.39 is 0 Å². The fourth-order valence-corrected chi connectivity index (χ4v) is 2.00. The second-order valence-corrected chi connectivity index (χ2v) is 4.78. The second kappa shape index (κ2) is 5.60. The van der Waals surface area contributed by atoms with Crippen LogP contribution in [0.15, 0.2) is 28.9 Å². The lowest BCUT2D eigenvalue weighted by atomic mass is 10.3. The third kappa shape index (κ3) is 3.04. The van der Waals surface area contributed by atoms with E-state index in [0.717, 1.165) is 23.0 Å². The summed E-state index contributed by atoms with van der Waals surface area (Å²) >= 11 is 8.96. The van der Waals surface area contributed by atoms with Crippen LogP contribution in [0.2, 0.25) is 0 Å². The van der Waals surface area contributed by atoms with Crippen LogP contribution in [-0.4, -0.2) is 20.9 Å². The van der Waals surface area contributed by atoms with E-state index in [4.69, 9.17) is 11.6 Å². The molecule has 0 atom stereocenters. The second-order valence-electron chi connectivity index (χ2n) is 3.54. The monoisotopic (exact) mass is 317 g/mol. The van der Waals surface area contributed by atoms with Gasteiger partial charge in [-0.05, 0) is 40.9 Å². The van der Waals surface area contributed by atoms with Gasteiger partial charge in [-0.25, -0.2) is 9.07 Å². The van der Waals surface area contributed by atoms with Crippen LogP contribution in [0.1, 0.15) is 12.1 Å². The zero-order valence-electron chi connectivity index (χ0n) is 8.91. The summed E-state index contributed by atoms with van der Waals surface area (Å²) < 4.78 is 15.5. The molecular weight excluding hydrogens is 308 g/mol. The number of hydrogen-bond acceptors (Lipinski definition) is 2.